The molecule has 0 fully saturated rings. The van der Waals surface area contributed by atoms with E-state index in [4.69, 9.17) is 16.3 Å². The lowest BCUT2D eigenvalue weighted by Crippen LogP contribution is -2.27. The lowest BCUT2D eigenvalue weighted by atomic mass is 10.3. The van der Waals surface area contributed by atoms with Crippen LogP contribution in [0.3, 0.4) is 0 Å². The SMILES string of the molecule is COc1ccc(Nc2cnc(C(=O)N(C)c3ccccc3)cn2)cc1Cl. The van der Waals surface area contributed by atoms with Crippen LogP contribution < -0.4 is 15.0 Å². The molecule has 0 unspecified atom stereocenters. The van der Waals surface area contributed by atoms with Gasteiger partial charge in [0, 0.05) is 18.4 Å². The molecule has 1 heterocycles. The van der Waals surface area contributed by atoms with Crippen molar-refractivity contribution in [3.63, 3.8) is 0 Å². The maximum absolute atomic E-state index is 12.5. The van der Waals surface area contributed by atoms with Gasteiger partial charge in [-0.2, -0.15) is 0 Å². The van der Waals surface area contributed by atoms with Crippen molar-refractivity contribution in [2.45, 2.75) is 0 Å². The van der Waals surface area contributed by atoms with Crippen LogP contribution in [0.15, 0.2) is 60.9 Å². The first-order chi connectivity index (χ1) is 12.6. The van der Waals surface area contributed by atoms with Crippen molar-refractivity contribution in [2.75, 3.05) is 24.4 Å². The first-order valence-corrected chi connectivity index (χ1v) is 8.22. The number of amides is 1. The number of para-hydroxylation sites is 1. The summed E-state index contributed by atoms with van der Waals surface area (Å²) in [6, 6.07) is 14.6. The molecule has 0 atom stereocenters. The van der Waals surface area contributed by atoms with Gasteiger partial charge in [0.05, 0.1) is 24.5 Å². The highest BCUT2D eigenvalue weighted by Crippen LogP contribution is 2.28. The largest absolute Gasteiger partial charge is 0.495 e. The molecule has 0 saturated carbocycles. The minimum Gasteiger partial charge on any atom is -0.495 e. The Labute approximate surface area is 156 Å². The predicted molar refractivity (Wildman–Crippen MR) is 102 cm³/mol. The van der Waals surface area contributed by atoms with Crippen LogP contribution in [0.25, 0.3) is 0 Å². The molecule has 0 radical (unpaired) electrons. The van der Waals surface area contributed by atoms with E-state index in [1.165, 1.54) is 17.3 Å². The summed E-state index contributed by atoms with van der Waals surface area (Å²) in [5, 5.41) is 3.57. The normalized spacial score (nSPS) is 10.3. The average molecular weight is 369 g/mol. The molecule has 0 aliphatic heterocycles. The number of benzene rings is 2. The van der Waals surface area contributed by atoms with Gasteiger partial charge in [-0.3, -0.25) is 4.79 Å². The predicted octanol–water partition coefficient (Wildman–Crippen LogP) is 4.16. The summed E-state index contributed by atoms with van der Waals surface area (Å²) in [4.78, 5) is 22.5. The Morgan fingerprint density at radius 2 is 1.88 bits per heavy atom. The standard InChI is InChI=1S/C19H17ClN4O2/c1-24(14-6-4-3-5-7-14)19(25)16-11-22-18(12-21-16)23-13-8-9-17(26-2)15(20)10-13/h3-12H,1-2H3,(H,22,23). The van der Waals surface area contributed by atoms with E-state index in [2.05, 4.69) is 15.3 Å². The fourth-order valence-corrected chi connectivity index (χ4v) is 2.59. The number of ether oxygens (including phenoxy) is 1. The fraction of sp³-hybridized carbons (Fsp3) is 0.105. The van der Waals surface area contributed by atoms with Crippen LogP contribution in [0.4, 0.5) is 17.2 Å². The van der Waals surface area contributed by atoms with Crippen molar-refractivity contribution >= 4 is 34.7 Å². The molecule has 0 bridgehead atoms. The molecule has 0 aliphatic rings. The van der Waals surface area contributed by atoms with Gasteiger partial charge in [0.2, 0.25) is 0 Å². The summed E-state index contributed by atoms with van der Waals surface area (Å²) in [6.45, 7) is 0. The first-order valence-electron chi connectivity index (χ1n) is 7.84. The maximum Gasteiger partial charge on any atom is 0.278 e. The number of hydrogen-bond acceptors (Lipinski definition) is 5. The van der Waals surface area contributed by atoms with Gasteiger partial charge in [-0.1, -0.05) is 29.8 Å². The number of hydrogen-bond donors (Lipinski definition) is 1. The molecule has 0 saturated heterocycles. The maximum atomic E-state index is 12.5. The summed E-state index contributed by atoms with van der Waals surface area (Å²) >= 11 is 6.10. The number of anilines is 3. The second-order valence-electron chi connectivity index (χ2n) is 5.46. The second-order valence-corrected chi connectivity index (χ2v) is 5.87. The Morgan fingerprint density at radius 3 is 2.50 bits per heavy atom. The molecule has 1 N–H and O–H groups in total. The van der Waals surface area contributed by atoms with Crippen molar-refractivity contribution in [1.82, 2.24) is 9.97 Å². The molecular formula is C19H17ClN4O2. The average Bonchev–Trinajstić information content (AvgIpc) is 2.68. The number of aromatic nitrogens is 2. The van der Waals surface area contributed by atoms with Crippen LogP contribution in [0.1, 0.15) is 10.5 Å². The highest BCUT2D eigenvalue weighted by Gasteiger charge is 2.15. The van der Waals surface area contributed by atoms with E-state index in [-0.39, 0.29) is 11.6 Å². The Kier molecular flexibility index (Phi) is 5.34. The van der Waals surface area contributed by atoms with Gasteiger partial charge >= 0.3 is 0 Å². The fourth-order valence-electron chi connectivity index (χ4n) is 2.34. The van der Waals surface area contributed by atoms with Gasteiger partial charge in [0.25, 0.3) is 5.91 Å². The zero-order valence-electron chi connectivity index (χ0n) is 14.3. The van der Waals surface area contributed by atoms with Crippen LogP contribution >= 0.6 is 11.6 Å². The Balaban J connectivity index is 1.72. The third-order valence-corrected chi connectivity index (χ3v) is 4.04. The number of nitrogens with zero attached hydrogens (tertiary/aromatic N) is 3. The van der Waals surface area contributed by atoms with Crippen molar-refractivity contribution in [2.24, 2.45) is 0 Å². The Hall–Kier alpha value is -3.12. The lowest BCUT2D eigenvalue weighted by molar-refractivity contribution is 0.0988. The first kappa shape index (κ1) is 17.7. The van der Waals surface area contributed by atoms with E-state index in [1.807, 2.05) is 36.4 Å². The van der Waals surface area contributed by atoms with E-state index in [0.29, 0.717) is 16.6 Å². The molecule has 7 heteroatoms. The van der Waals surface area contributed by atoms with E-state index in [0.717, 1.165) is 11.4 Å². The topological polar surface area (TPSA) is 67.3 Å². The number of rotatable bonds is 5. The number of nitrogens with one attached hydrogen (secondary N) is 1. The Morgan fingerprint density at radius 1 is 1.12 bits per heavy atom. The third kappa shape index (κ3) is 3.92. The number of carbonyl (C=O) groups excluding carboxylic acids is 1. The van der Waals surface area contributed by atoms with E-state index in [1.54, 1.807) is 26.3 Å². The summed E-state index contributed by atoms with van der Waals surface area (Å²) in [5.74, 6) is 0.862. The van der Waals surface area contributed by atoms with Crippen LogP contribution in [-0.4, -0.2) is 30.0 Å². The summed E-state index contributed by atoms with van der Waals surface area (Å²) in [5.41, 5.74) is 1.79. The smallest absolute Gasteiger partial charge is 0.278 e. The quantitative estimate of drug-likeness (QED) is 0.732. The second kappa shape index (κ2) is 7.84. The van der Waals surface area contributed by atoms with E-state index in [9.17, 15) is 4.79 Å². The molecule has 2 aromatic carbocycles. The number of halogens is 1. The van der Waals surface area contributed by atoms with Gasteiger partial charge in [-0.05, 0) is 30.3 Å². The van der Waals surface area contributed by atoms with Crippen LogP contribution in [0.5, 0.6) is 5.75 Å². The van der Waals surface area contributed by atoms with Gasteiger partial charge in [0.15, 0.2) is 0 Å². The number of methoxy groups -OCH3 is 1. The zero-order valence-corrected chi connectivity index (χ0v) is 15.1. The molecule has 6 nitrogen and oxygen atoms in total. The minimum absolute atomic E-state index is 0.234. The minimum atomic E-state index is -0.234. The van der Waals surface area contributed by atoms with Crippen molar-refractivity contribution in [3.05, 3.63) is 71.6 Å². The van der Waals surface area contributed by atoms with Crippen molar-refractivity contribution in [3.8, 4) is 5.75 Å². The highest BCUT2D eigenvalue weighted by molar-refractivity contribution is 6.32. The third-order valence-electron chi connectivity index (χ3n) is 3.74. The molecule has 1 aromatic heterocycles. The van der Waals surface area contributed by atoms with Crippen molar-refractivity contribution in [1.29, 1.82) is 0 Å². The lowest BCUT2D eigenvalue weighted by Gasteiger charge is -2.16. The summed E-state index contributed by atoms with van der Waals surface area (Å²) < 4.78 is 5.12. The number of carbonyl (C=O) groups is 1. The molecule has 26 heavy (non-hydrogen) atoms. The van der Waals surface area contributed by atoms with Gasteiger partial charge < -0.3 is 15.0 Å². The molecule has 3 aromatic rings. The zero-order chi connectivity index (χ0) is 18.5. The van der Waals surface area contributed by atoms with Crippen LogP contribution in [-0.2, 0) is 0 Å². The van der Waals surface area contributed by atoms with Crippen molar-refractivity contribution < 1.29 is 9.53 Å². The van der Waals surface area contributed by atoms with Crippen LogP contribution in [0, 0.1) is 0 Å². The van der Waals surface area contributed by atoms with Gasteiger partial charge in [-0.25, -0.2) is 9.97 Å². The molecule has 0 spiro atoms. The molecule has 0 aliphatic carbocycles. The monoisotopic (exact) mass is 368 g/mol. The van der Waals surface area contributed by atoms with Crippen LogP contribution in [0.2, 0.25) is 5.02 Å². The summed E-state index contributed by atoms with van der Waals surface area (Å²) in [7, 11) is 3.26. The molecule has 3 rings (SSSR count). The summed E-state index contributed by atoms with van der Waals surface area (Å²) in [6.07, 6.45) is 2.94. The van der Waals surface area contributed by atoms with E-state index >= 15 is 0 Å². The van der Waals surface area contributed by atoms with E-state index < -0.39 is 0 Å². The molecular weight excluding hydrogens is 352 g/mol. The molecule has 1 amide bonds. The molecule has 132 valence electrons. The highest BCUT2D eigenvalue weighted by atomic mass is 35.5. The Bertz CT molecular complexity index is 901. The van der Waals surface area contributed by atoms with Gasteiger partial charge in [0.1, 0.15) is 17.3 Å². The van der Waals surface area contributed by atoms with Gasteiger partial charge in [-0.15, -0.1) is 0 Å².